The molecule has 0 amide bonds. The van der Waals surface area contributed by atoms with Crippen molar-refractivity contribution in [3.63, 3.8) is 0 Å². The van der Waals surface area contributed by atoms with Crippen LogP contribution >= 0.6 is 23.8 Å². The van der Waals surface area contributed by atoms with E-state index in [2.05, 4.69) is 30.8 Å². The van der Waals surface area contributed by atoms with Gasteiger partial charge in [-0.3, -0.25) is 4.98 Å². The molecule has 160 valence electrons. The van der Waals surface area contributed by atoms with E-state index in [9.17, 15) is 0 Å². The van der Waals surface area contributed by atoms with Crippen LogP contribution in [0, 0.1) is 0 Å². The maximum absolute atomic E-state index is 6.47. The third kappa shape index (κ3) is 3.59. The lowest BCUT2D eigenvalue weighted by molar-refractivity contribution is 0.415. The number of pyridine rings is 2. The highest BCUT2D eigenvalue weighted by atomic mass is 35.5. The van der Waals surface area contributed by atoms with E-state index in [-0.39, 0.29) is 12.1 Å². The Labute approximate surface area is 196 Å². The van der Waals surface area contributed by atoms with Crippen molar-refractivity contribution in [1.29, 1.82) is 0 Å². The summed E-state index contributed by atoms with van der Waals surface area (Å²) in [4.78, 5) is 11.2. The molecule has 1 fully saturated rings. The Bertz CT molecular complexity index is 1250. The number of benzene rings is 1. The van der Waals surface area contributed by atoms with Crippen LogP contribution < -0.4 is 15.0 Å². The zero-order valence-electron chi connectivity index (χ0n) is 17.2. The molecule has 1 aliphatic rings. The Kier molecular flexibility index (Phi) is 5.51. The van der Waals surface area contributed by atoms with Gasteiger partial charge in [-0.05, 0) is 66.8 Å². The summed E-state index contributed by atoms with van der Waals surface area (Å²) in [5.74, 6) is 1.45. The van der Waals surface area contributed by atoms with E-state index < -0.39 is 0 Å². The minimum absolute atomic E-state index is 0.165. The van der Waals surface area contributed by atoms with Gasteiger partial charge in [-0.2, -0.15) is 0 Å². The maximum Gasteiger partial charge on any atom is 0.174 e. The average molecular weight is 462 g/mol. The van der Waals surface area contributed by atoms with Crippen LogP contribution in [0.5, 0.6) is 5.75 Å². The van der Waals surface area contributed by atoms with E-state index in [0.29, 0.717) is 15.9 Å². The monoisotopic (exact) mass is 461 g/mol. The molecule has 4 aromatic rings. The highest BCUT2D eigenvalue weighted by Crippen LogP contribution is 2.43. The van der Waals surface area contributed by atoms with E-state index in [4.69, 9.17) is 28.6 Å². The number of thiocarbonyl (C=S) groups is 1. The summed E-state index contributed by atoms with van der Waals surface area (Å²) in [6, 6.07) is 21.2. The van der Waals surface area contributed by atoms with E-state index in [1.807, 2.05) is 66.9 Å². The van der Waals surface area contributed by atoms with Crippen molar-refractivity contribution in [2.24, 2.45) is 0 Å². The maximum atomic E-state index is 6.47. The molecule has 0 radical (unpaired) electrons. The molecule has 8 heteroatoms. The van der Waals surface area contributed by atoms with Gasteiger partial charge in [0.1, 0.15) is 17.6 Å². The lowest BCUT2D eigenvalue weighted by Gasteiger charge is -2.29. The van der Waals surface area contributed by atoms with Gasteiger partial charge in [0.2, 0.25) is 0 Å². The van der Waals surface area contributed by atoms with Gasteiger partial charge < -0.3 is 19.5 Å². The van der Waals surface area contributed by atoms with E-state index in [1.54, 1.807) is 19.5 Å². The fourth-order valence-electron chi connectivity index (χ4n) is 4.08. The van der Waals surface area contributed by atoms with E-state index >= 15 is 0 Å². The van der Waals surface area contributed by atoms with Crippen LogP contribution in [-0.2, 0) is 0 Å². The van der Waals surface area contributed by atoms with Crippen molar-refractivity contribution in [2.45, 2.75) is 12.1 Å². The van der Waals surface area contributed by atoms with Crippen molar-refractivity contribution in [3.8, 4) is 11.6 Å². The SMILES string of the molecule is COc1ccc(N2C(=S)NC(c3ccccn3)C2c2cccn2-c2ccccn2)cc1Cl. The number of aromatic nitrogens is 3. The van der Waals surface area contributed by atoms with Gasteiger partial charge in [0, 0.05) is 30.0 Å². The molecule has 4 heterocycles. The molecule has 1 aliphatic heterocycles. The van der Waals surface area contributed by atoms with Crippen molar-refractivity contribution < 1.29 is 4.74 Å². The molecule has 3 aromatic heterocycles. The van der Waals surface area contributed by atoms with Crippen LogP contribution in [0.3, 0.4) is 0 Å². The molecule has 0 bridgehead atoms. The van der Waals surface area contributed by atoms with Crippen LogP contribution in [-0.4, -0.2) is 26.8 Å². The van der Waals surface area contributed by atoms with Crippen LogP contribution in [0.15, 0.2) is 85.3 Å². The molecule has 1 saturated heterocycles. The summed E-state index contributed by atoms with van der Waals surface area (Å²) < 4.78 is 7.41. The van der Waals surface area contributed by atoms with Crippen LogP contribution in [0.1, 0.15) is 23.5 Å². The Morgan fingerprint density at radius 2 is 1.81 bits per heavy atom. The zero-order valence-corrected chi connectivity index (χ0v) is 18.8. The predicted octanol–water partition coefficient (Wildman–Crippen LogP) is 5.11. The van der Waals surface area contributed by atoms with Gasteiger partial charge in [-0.15, -0.1) is 0 Å². The molecular formula is C24H20ClN5OS. The number of methoxy groups -OCH3 is 1. The molecule has 1 aromatic carbocycles. The Hall–Kier alpha value is -3.42. The van der Waals surface area contributed by atoms with Crippen molar-refractivity contribution in [3.05, 3.63) is 102 Å². The lowest BCUT2D eigenvalue weighted by Crippen LogP contribution is -2.30. The molecule has 0 spiro atoms. The number of hydrogen-bond acceptors (Lipinski definition) is 4. The summed E-state index contributed by atoms with van der Waals surface area (Å²) in [6.45, 7) is 0. The number of hydrogen-bond donors (Lipinski definition) is 1. The molecular weight excluding hydrogens is 442 g/mol. The first-order chi connectivity index (χ1) is 15.7. The number of halogens is 1. The summed E-state index contributed by atoms with van der Waals surface area (Å²) in [6.07, 6.45) is 5.59. The van der Waals surface area contributed by atoms with Gasteiger partial charge in [0.25, 0.3) is 0 Å². The first-order valence-corrected chi connectivity index (χ1v) is 10.9. The minimum atomic E-state index is -0.182. The summed E-state index contributed by atoms with van der Waals surface area (Å²) >= 11 is 12.3. The predicted molar refractivity (Wildman–Crippen MR) is 129 cm³/mol. The molecule has 5 rings (SSSR count). The number of nitrogens with one attached hydrogen (secondary N) is 1. The van der Waals surface area contributed by atoms with Crippen molar-refractivity contribution in [2.75, 3.05) is 12.0 Å². The van der Waals surface area contributed by atoms with Crippen molar-refractivity contribution >= 4 is 34.6 Å². The van der Waals surface area contributed by atoms with Crippen LogP contribution in [0.25, 0.3) is 5.82 Å². The van der Waals surface area contributed by atoms with Gasteiger partial charge in [-0.25, -0.2) is 4.98 Å². The molecule has 2 atom stereocenters. The van der Waals surface area contributed by atoms with Crippen LogP contribution in [0.4, 0.5) is 5.69 Å². The van der Waals surface area contributed by atoms with E-state index in [0.717, 1.165) is 22.9 Å². The number of anilines is 1. The van der Waals surface area contributed by atoms with Gasteiger partial charge in [-0.1, -0.05) is 23.7 Å². The summed E-state index contributed by atoms with van der Waals surface area (Å²) in [5, 5.41) is 4.59. The first-order valence-electron chi connectivity index (χ1n) is 10.1. The highest BCUT2D eigenvalue weighted by Gasteiger charge is 2.42. The first kappa shape index (κ1) is 20.5. The fraction of sp³-hybridized carbons (Fsp3) is 0.125. The number of ether oxygens (including phenoxy) is 1. The standard InChI is InChI=1S/C24H20ClN5OS/c1-31-20-11-10-16(15-17(20)25)30-23(22(28-24(30)32)18-7-2-4-12-26-18)19-8-6-14-29(19)21-9-3-5-13-27-21/h2-15,22-23H,1H3,(H,28,32). The molecule has 32 heavy (non-hydrogen) atoms. The smallest absolute Gasteiger partial charge is 0.174 e. The highest BCUT2D eigenvalue weighted by molar-refractivity contribution is 7.80. The normalized spacial score (nSPS) is 17.9. The summed E-state index contributed by atoms with van der Waals surface area (Å²) in [5.41, 5.74) is 2.79. The lowest BCUT2D eigenvalue weighted by atomic mass is 10.0. The topological polar surface area (TPSA) is 55.2 Å². The second-order valence-corrected chi connectivity index (χ2v) is 8.10. The second kappa shape index (κ2) is 8.61. The minimum Gasteiger partial charge on any atom is -0.495 e. The molecule has 0 saturated carbocycles. The quantitative estimate of drug-likeness (QED) is 0.417. The second-order valence-electron chi connectivity index (χ2n) is 7.31. The third-order valence-corrected chi connectivity index (χ3v) is 6.10. The van der Waals surface area contributed by atoms with Gasteiger partial charge in [0.15, 0.2) is 5.11 Å². The molecule has 1 N–H and O–H groups in total. The Morgan fingerprint density at radius 1 is 1.00 bits per heavy atom. The largest absolute Gasteiger partial charge is 0.495 e. The zero-order chi connectivity index (χ0) is 22.1. The van der Waals surface area contributed by atoms with Gasteiger partial charge >= 0.3 is 0 Å². The number of nitrogens with zero attached hydrogens (tertiary/aromatic N) is 4. The van der Waals surface area contributed by atoms with Gasteiger partial charge in [0.05, 0.1) is 23.9 Å². The molecule has 0 aliphatic carbocycles. The third-order valence-electron chi connectivity index (χ3n) is 5.49. The van der Waals surface area contributed by atoms with Crippen LogP contribution in [0.2, 0.25) is 5.02 Å². The molecule has 2 unspecified atom stereocenters. The fourth-order valence-corrected chi connectivity index (χ4v) is 4.68. The average Bonchev–Trinajstić information content (AvgIpc) is 3.44. The number of rotatable bonds is 5. The Balaban J connectivity index is 1.66. The summed E-state index contributed by atoms with van der Waals surface area (Å²) in [7, 11) is 1.60. The van der Waals surface area contributed by atoms with E-state index in [1.165, 1.54) is 0 Å². The molecule has 6 nitrogen and oxygen atoms in total. The van der Waals surface area contributed by atoms with Crippen molar-refractivity contribution in [1.82, 2.24) is 19.9 Å². The Morgan fingerprint density at radius 3 is 2.50 bits per heavy atom.